The highest BCUT2D eigenvalue weighted by Gasteiger charge is 2.10. The molecular formula is C25H28N2O2. The molecule has 0 radical (unpaired) electrons. The van der Waals surface area contributed by atoms with E-state index in [4.69, 9.17) is 4.74 Å². The Balaban J connectivity index is 1.62. The van der Waals surface area contributed by atoms with Crippen molar-refractivity contribution in [2.75, 3.05) is 0 Å². The lowest BCUT2D eigenvalue weighted by Crippen LogP contribution is -2.08. The van der Waals surface area contributed by atoms with E-state index in [9.17, 15) is 4.79 Å². The molecule has 0 bridgehead atoms. The molecule has 150 valence electrons. The van der Waals surface area contributed by atoms with Gasteiger partial charge in [-0.05, 0) is 66.3 Å². The summed E-state index contributed by atoms with van der Waals surface area (Å²) in [5.74, 6) is 1.45. The van der Waals surface area contributed by atoms with Crippen LogP contribution >= 0.6 is 0 Å². The Labute approximate surface area is 173 Å². The zero-order chi connectivity index (χ0) is 20.6. The van der Waals surface area contributed by atoms with Crippen molar-refractivity contribution in [3.05, 3.63) is 77.6 Å². The van der Waals surface area contributed by atoms with E-state index < -0.39 is 0 Å². The third kappa shape index (κ3) is 5.74. The van der Waals surface area contributed by atoms with E-state index in [1.807, 2.05) is 48.8 Å². The average Bonchev–Trinajstić information content (AvgIpc) is 2.75. The number of benzene rings is 2. The molecule has 1 unspecified atom stereocenters. The van der Waals surface area contributed by atoms with Crippen molar-refractivity contribution in [2.45, 2.75) is 46.5 Å². The summed E-state index contributed by atoms with van der Waals surface area (Å²) in [5, 5.41) is 0. The molecule has 1 atom stereocenters. The lowest BCUT2D eigenvalue weighted by atomic mass is 9.98. The van der Waals surface area contributed by atoms with Crippen LogP contribution in [0.25, 0.3) is 11.4 Å². The van der Waals surface area contributed by atoms with Crippen molar-refractivity contribution in [1.82, 2.24) is 9.97 Å². The number of hydrogen-bond acceptors (Lipinski definition) is 4. The van der Waals surface area contributed by atoms with Crippen LogP contribution in [0.15, 0.2) is 60.9 Å². The van der Waals surface area contributed by atoms with Gasteiger partial charge in [-0.25, -0.2) is 14.8 Å². The summed E-state index contributed by atoms with van der Waals surface area (Å²) in [6.45, 7) is 6.56. The Hall–Kier alpha value is -3.01. The van der Waals surface area contributed by atoms with E-state index in [2.05, 4.69) is 30.7 Å². The standard InChI is InChI=1S/C25H28N2O2/c1-4-6-20-16-26-24(27-17-20)21-11-13-23(14-12-21)29-25(28)22-9-7-19(8-10-22)15-18(3)5-2/h7-14,16-18H,4-6,15H2,1-3H3. The number of carbonyl (C=O) groups excluding carboxylic acids is 1. The van der Waals surface area contributed by atoms with E-state index in [0.717, 1.165) is 36.8 Å². The van der Waals surface area contributed by atoms with Crippen LogP contribution in [0.4, 0.5) is 0 Å². The number of aryl methyl sites for hydroxylation is 1. The maximum atomic E-state index is 12.4. The molecule has 2 aromatic carbocycles. The Morgan fingerprint density at radius 2 is 1.59 bits per heavy atom. The van der Waals surface area contributed by atoms with E-state index in [1.54, 1.807) is 12.1 Å². The normalized spacial score (nSPS) is 11.8. The number of nitrogens with zero attached hydrogens (tertiary/aromatic N) is 2. The highest BCUT2D eigenvalue weighted by Crippen LogP contribution is 2.21. The maximum Gasteiger partial charge on any atom is 0.343 e. The smallest absolute Gasteiger partial charge is 0.343 e. The van der Waals surface area contributed by atoms with Crippen LogP contribution in [-0.2, 0) is 12.8 Å². The molecule has 1 heterocycles. The second kappa shape index (κ2) is 9.97. The number of ether oxygens (including phenoxy) is 1. The lowest BCUT2D eigenvalue weighted by Gasteiger charge is -2.09. The second-order valence-electron chi connectivity index (χ2n) is 7.49. The molecule has 1 aromatic heterocycles. The predicted molar refractivity (Wildman–Crippen MR) is 116 cm³/mol. The summed E-state index contributed by atoms with van der Waals surface area (Å²) in [4.78, 5) is 21.3. The quantitative estimate of drug-likeness (QED) is 0.356. The van der Waals surface area contributed by atoms with E-state index in [-0.39, 0.29) is 5.97 Å². The number of carbonyl (C=O) groups is 1. The van der Waals surface area contributed by atoms with Gasteiger partial charge in [0.25, 0.3) is 0 Å². The zero-order valence-electron chi connectivity index (χ0n) is 17.4. The average molecular weight is 389 g/mol. The molecule has 4 nitrogen and oxygen atoms in total. The van der Waals surface area contributed by atoms with Gasteiger partial charge in [-0.2, -0.15) is 0 Å². The van der Waals surface area contributed by atoms with Crippen LogP contribution in [-0.4, -0.2) is 15.9 Å². The highest BCUT2D eigenvalue weighted by atomic mass is 16.5. The van der Waals surface area contributed by atoms with Gasteiger partial charge in [0.1, 0.15) is 5.75 Å². The first-order valence-electron chi connectivity index (χ1n) is 10.3. The Kier molecular flexibility index (Phi) is 7.12. The minimum atomic E-state index is -0.354. The molecule has 0 aliphatic rings. The molecule has 0 saturated heterocycles. The fourth-order valence-corrected chi connectivity index (χ4v) is 3.08. The van der Waals surface area contributed by atoms with Crippen LogP contribution in [0.3, 0.4) is 0 Å². The van der Waals surface area contributed by atoms with Gasteiger partial charge in [0.15, 0.2) is 5.82 Å². The maximum absolute atomic E-state index is 12.4. The Morgan fingerprint density at radius 1 is 0.931 bits per heavy atom. The summed E-state index contributed by atoms with van der Waals surface area (Å²) in [6.07, 6.45) is 7.95. The minimum absolute atomic E-state index is 0.354. The van der Waals surface area contributed by atoms with Crippen molar-refractivity contribution in [1.29, 1.82) is 0 Å². The lowest BCUT2D eigenvalue weighted by molar-refractivity contribution is 0.0735. The van der Waals surface area contributed by atoms with E-state index >= 15 is 0 Å². The molecule has 0 aliphatic heterocycles. The van der Waals surface area contributed by atoms with Crippen molar-refractivity contribution in [3.63, 3.8) is 0 Å². The first-order valence-corrected chi connectivity index (χ1v) is 10.3. The van der Waals surface area contributed by atoms with Crippen LogP contribution in [0, 0.1) is 5.92 Å². The molecule has 29 heavy (non-hydrogen) atoms. The zero-order valence-corrected chi connectivity index (χ0v) is 17.4. The molecule has 0 amide bonds. The van der Waals surface area contributed by atoms with E-state index in [0.29, 0.717) is 23.1 Å². The van der Waals surface area contributed by atoms with Crippen LogP contribution in [0.2, 0.25) is 0 Å². The summed E-state index contributed by atoms with van der Waals surface area (Å²) in [5.41, 5.74) is 3.82. The Morgan fingerprint density at radius 3 is 2.17 bits per heavy atom. The molecule has 3 rings (SSSR count). The predicted octanol–water partition coefficient (Wildman–Crippen LogP) is 5.90. The summed E-state index contributed by atoms with van der Waals surface area (Å²) in [7, 11) is 0. The molecule has 0 N–H and O–H groups in total. The van der Waals surface area contributed by atoms with Gasteiger partial charge in [-0.15, -0.1) is 0 Å². The summed E-state index contributed by atoms with van der Waals surface area (Å²) >= 11 is 0. The van der Waals surface area contributed by atoms with Crippen LogP contribution in [0.1, 0.15) is 55.1 Å². The fourth-order valence-electron chi connectivity index (χ4n) is 3.08. The van der Waals surface area contributed by atoms with Gasteiger partial charge in [-0.3, -0.25) is 0 Å². The first-order chi connectivity index (χ1) is 14.1. The summed E-state index contributed by atoms with van der Waals surface area (Å²) < 4.78 is 5.50. The van der Waals surface area contributed by atoms with Crippen molar-refractivity contribution in [2.24, 2.45) is 5.92 Å². The summed E-state index contributed by atoms with van der Waals surface area (Å²) in [6, 6.07) is 15.0. The molecule has 0 fully saturated rings. The van der Waals surface area contributed by atoms with Crippen molar-refractivity contribution < 1.29 is 9.53 Å². The Bertz CT molecular complexity index is 917. The molecule has 3 aromatic rings. The fraction of sp³-hybridized carbons (Fsp3) is 0.320. The molecular weight excluding hydrogens is 360 g/mol. The van der Waals surface area contributed by atoms with Gasteiger partial charge in [0, 0.05) is 18.0 Å². The molecule has 0 spiro atoms. The SMILES string of the molecule is CCCc1cnc(-c2ccc(OC(=O)c3ccc(CC(C)CC)cc3)cc2)nc1. The van der Waals surface area contributed by atoms with Gasteiger partial charge in [0.05, 0.1) is 5.56 Å². The van der Waals surface area contributed by atoms with Gasteiger partial charge >= 0.3 is 5.97 Å². The molecule has 0 saturated carbocycles. The third-order valence-corrected chi connectivity index (χ3v) is 5.04. The van der Waals surface area contributed by atoms with Crippen LogP contribution < -0.4 is 4.74 Å². The van der Waals surface area contributed by atoms with E-state index in [1.165, 1.54) is 5.56 Å². The van der Waals surface area contributed by atoms with Crippen molar-refractivity contribution >= 4 is 5.97 Å². The van der Waals surface area contributed by atoms with Crippen molar-refractivity contribution in [3.8, 4) is 17.1 Å². The molecule has 0 aliphatic carbocycles. The minimum Gasteiger partial charge on any atom is -0.423 e. The highest BCUT2D eigenvalue weighted by molar-refractivity contribution is 5.91. The van der Waals surface area contributed by atoms with Crippen LogP contribution in [0.5, 0.6) is 5.75 Å². The number of hydrogen-bond donors (Lipinski definition) is 0. The van der Waals surface area contributed by atoms with Gasteiger partial charge in [0.2, 0.25) is 0 Å². The van der Waals surface area contributed by atoms with Gasteiger partial charge < -0.3 is 4.74 Å². The number of rotatable bonds is 8. The van der Waals surface area contributed by atoms with Gasteiger partial charge in [-0.1, -0.05) is 45.7 Å². The number of esters is 1. The first kappa shape index (κ1) is 20.7. The largest absolute Gasteiger partial charge is 0.423 e. The third-order valence-electron chi connectivity index (χ3n) is 5.04. The second-order valence-corrected chi connectivity index (χ2v) is 7.49. The topological polar surface area (TPSA) is 52.1 Å². The number of aromatic nitrogens is 2. The molecule has 4 heteroatoms. The monoisotopic (exact) mass is 388 g/mol.